The van der Waals surface area contributed by atoms with E-state index in [-0.39, 0.29) is 10.8 Å². The van der Waals surface area contributed by atoms with Crippen LogP contribution in [0.25, 0.3) is 0 Å². The number of sulfonamides is 1. The number of carbonyl (C=O) groups is 1. The Balaban J connectivity index is 1.68. The average molecular weight is 372 g/mol. The summed E-state index contributed by atoms with van der Waals surface area (Å²) in [5, 5.41) is 0. The summed E-state index contributed by atoms with van der Waals surface area (Å²) in [5.41, 5.74) is 3.86. The van der Waals surface area contributed by atoms with Gasteiger partial charge in [-0.15, -0.1) is 0 Å². The monoisotopic (exact) mass is 372 g/mol. The van der Waals surface area contributed by atoms with Crippen LogP contribution < -0.4 is 4.72 Å². The van der Waals surface area contributed by atoms with Gasteiger partial charge in [0.15, 0.2) is 0 Å². The fourth-order valence-electron chi connectivity index (χ4n) is 2.97. The molecule has 0 atom stereocenters. The van der Waals surface area contributed by atoms with Gasteiger partial charge < -0.3 is 4.90 Å². The van der Waals surface area contributed by atoms with Crippen molar-refractivity contribution in [2.75, 3.05) is 19.6 Å². The second-order valence-corrected chi connectivity index (χ2v) is 8.52. The zero-order valence-electron chi connectivity index (χ0n) is 15.2. The van der Waals surface area contributed by atoms with Crippen LogP contribution in [-0.2, 0) is 16.4 Å². The average Bonchev–Trinajstić information content (AvgIpc) is 2.56. The van der Waals surface area contributed by atoms with E-state index in [1.807, 2.05) is 26.0 Å². The molecule has 0 bridgehead atoms. The van der Waals surface area contributed by atoms with Crippen molar-refractivity contribution in [3.05, 3.63) is 64.7 Å². The summed E-state index contributed by atoms with van der Waals surface area (Å²) < 4.78 is 27.8. The Morgan fingerprint density at radius 1 is 1.12 bits per heavy atom. The summed E-state index contributed by atoms with van der Waals surface area (Å²) in [6.45, 7) is 5.84. The van der Waals surface area contributed by atoms with Crippen molar-refractivity contribution in [1.82, 2.24) is 9.62 Å². The quantitative estimate of drug-likeness (QED) is 0.848. The maximum absolute atomic E-state index is 12.6. The lowest BCUT2D eigenvalue weighted by atomic mass is 10.0. The van der Waals surface area contributed by atoms with Crippen LogP contribution >= 0.6 is 0 Å². The van der Waals surface area contributed by atoms with Crippen molar-refractivity contribution in [1.29, 1.82) is 0 Å². The highest BCUT2D eigenvalue weighted by atomic mass is 32.2. The number of amides is 1. The third-order valence-corrected chi connectivity index (χ3v) is 6.18. The fraction of sp³-hybridized carbons (Fsp3) is 0.350. The van der Waals surface area contributed by atoms with Gasteiger partial charge in [0.05, 0.1) is 4.90 Å². The smallest absolute Gasteiger partial charge is 0.253 e. The highest BCUT2D eigenvalue weighted by Gasteiger charge is 2.23. The first-order valence-electron chi connectivity index (χ1n) is 8.82. The van der Waals surface area contributed by atoms with E-state index in [1.54, 1.807) is 17.0 Å². The van der Waals surface area contributed by atoms with Crippen LogP contribution in [0.15, 0.2) is 47.4 Å². The van der Waals surface area contributed by atoms with Crippen molar-refractivity contribution in [2.24, 2.45) is 0 Å². The Kier molecular flexibility index (Phi) is 5.44. The molecule has 1 saturated heterocycles. The molecule has 0 aromatic heterocycles. The molecule has 6 heteroatoms. The van der Waals surface area contributed by atoms with E-state index in [9.17, 15) is 13.2 Å². The fourth-order valence-corrected chi connectivity index (χ4v) is 4.05. The van der Waals surface area contributed by atoms with E-state index in [0.29, 0.717) is 18.5 Å². The molecule has 138 valence electrons. The van der Waals surface area contributed by atoms with Gasteiger partial charge in [-0.25, -0.2) is 13.1 Å². The molecule has 0 aliphatic carbocycles. The highest BCUT2D eigenvalue weighted by molar-refractivity contribution is 7.89. The summed E-state index contributed by atoms with van der Waals surface area (Å²) in [4.78, 5) is 14.1. The lowest BCUT2D eigenvalue weighted by molar-refractivity contribution is 0.0651. The molecule has 0 saturated carbocycles. The number of benzene rings is 2. The normalized spacial score (nSPS) is 14.2. The van der Waals surface area contributed by atoms with Crippen LogP contribution in [0.2, 0.25) is 0 Å². The van der Waals surface area contributed by atoms with Crippen LogP contribution in [0.3, 0.4) is 0 Å². The minimum atomic E-state index is -3.64. The Morgan fingerprint density at radius 2 is 1.88 bits per heavy atom. The summed E-state index contributed by atoms with van der Waals surface area (Å²) in [5.74, 6) is -0.108. The highest BCUT2D eigenvalue weighted by Crippen LogP contribution is 2.17. The van der Waals surface area contributed by atoms with Gasteiger partial charge in [0.2, 0.25) is 10.0 Å². The van der Waals surface area contributed by atoms with Crippen LogP contribution in [0.1, 0.15) is 33.5 Å². The van der Waals surface area contributed by atoms with Crippen molar-refractivity contribution in [3.8, 4) is 0 Å². The Labute approximate surface area is 155 Å². The standard InChI is InChI=1S/C20H24N2O3S/c1-15-7-8-16(2)17(13-15)9-10-21-26(24,25)19-6-3-5-18(14-19)20(23)22-11-4-12-22/h3,5-8,13-14,21H,4,9-12H2,1-2H3. The van der Waals surface area contributed by atoms with Gasteiger partial charge in [0.1, 0.15) is 0 Å². The third kappa shape index (κ3) is 4.14. The van der Waals surface area contributed by atoms with Crippen molar-refractivity contribution >= 4 is 15.9 Å². The lowest BCUT2D eigenvalue weighted by Gasteiger charge is -2.31. The molecular weight excluding hydrogens is 348 g/mol. The molecule has 26 heavy (non-hydrogen) atoms. The number of carbonyl (C=O) groups excluding carboxylic acids is 1. The van der Waals surface area contributed by atoms with Crippen LogP contribution in [0.5, 0.6) is 0 Å². The molecule has 0 unspecified atom stereocenters. The molecule has 2 aromatic rings. The predicted octanol–water partition coefficient (Wildman–Crippen LogP) is 2.67. The lowest BCUT2D eigenvalue weighted by Crippen LogP contribution is -2.42. The molecule has 5 nitrogen and oxygen atoms in total. The summed E-state index contributed by atoms with van der Waals surface area (Å²) >= 11 is 0. The SMILES string of the molecule is Cc1ccc(C)c(CCNS(=O)(=O)c2cccc(C(=O)N3CCC3)c2)c1. The van der Waals surface area contributed by atoms with Gasteiger partial charge in [-0.3, -0.25) is 4.79 Å². The molecule has 0 spiro atoms. The van der Waals surface area contributed by atoms with Crippen molar-refractivity contribution < 1.29 is 13.2 Å². The third-order valence-electron chi connectivity index (χ3n) is 4.73. The number of aryl methyl sites for hydroxylation is 2. The maximum Gasteiger partial charge on any atom is 0.253 e. The molecule has 1 N–H and O–H groups in total. The second kappa shape index (κ2) is 7.60. The molecule has 1 fully saturated rings. The molecule has 3 rings (SSSR count). The largest absolute Gasteiger partial charge is 0.339 e. The maximum atomic E-state index is 12.6. The van der Waals surface area contributed by atoms with Gasteiger partial charge in [-0.1, -0.05) is 29.8 Å². The Hall–Kier alpha value is -2.18. The van der Waals surface area contributed by atoms with Gasteiger partial charge in [0.25, 0.3) is 5.91 Å². The topological polar surface area (TPSA) is 66.5 Å². The first-order valence-corrected chi connectivity index (χ1v) is 10.3. The Bertz CT molecular complexity index is 918. The first kappa shape index (κ1) is 18.6. The van der Waals surface area contributed by atoms with E-state index < -0.39 is 10.0 Å². The van der Waals surface area contributed by atoms with Crippen LogP contribution in [-0.4, -0.2) is 38.9 Å². The zero-order valence-corrected chi connectivity index (χ0v) is 16.0. The zero-order chi connectivity index (χ0) is 18.7. The van der Waals surface area contributed by atoms with E-state index in [0.717, 1.165) is 36.2 Å². The minimum Gasteiger partial charge on any atom is -0.339 e. The minimum absolute atomic E-state index is 0.108. The number of hydrogen-bond acceptors (Lipinski definition) is 3. The van der Waals surface area contributed by atoms with Crippen molar-refractivity contribution in [3.63, 3.8) is 0 Å². The molecule has 1 heterocycles. The summed E-state index contributed by atoms with van der Waals surface area (Å²) in [6.07, 6.45) is 1.63. The first-order chi connectivity index (χ1) is 12.4. The van der Waals surface area contributed by atoms with E-state index in [2.05, 4.69) is 10.8 Å². The molecule has 1 aliphatic rings. The van der Waals surface area contributed by atoms with Crippen molar-refractivity contribution in [2.45, 2.75) is 31.6 Å². The molecular formula is C20H24N2O3S. The number of rotatable bonds is 6. The number of nitrogens with zero attached hydrogens (tertiary/aromatic N) is 1. The van der Waals surface area contributed by atoms with Gasteiger partial charge >= 0.3 is 0 Å². The molecule has 2 aromatic carbocycles. The van der Waals surface area contributed by atoms with Crippen LogP contribution in [0, 0.1) is 13.8 Å². The molecule has 0 radical (unpaired) electrons. The molecule has 1 aliphatic heterocycles. The number of likely N-dealkylation sites (tertiary alicyclic amines) is 1. The summed E-state index contributed by atoms with van der Waals surface area (Å²) in [7, 11) is -3.64. The van der Waals surface area contributed by atoms with E-state index in [4.69, 9.17) is 0 Å². The van der Waals surface area contributed by atoms with Gasteiger partial charge in [-0.2, -0.15) is 0 Å². The van der Waals surface area contributed by atoms with E-state index in [1.165, 1.54) is 12.1 Å². The van der Waals surface area contributed by atoms with E-state index >= 15 is 0 Å². The van der Waals surface area contributed by atoms with Gasteiger partial charge in [-0.05, 0) is 56.0 Å². The predicted molar refractivity (Wildman–Crippen MR) is 102 cm³/mol. The molecule has 1 amide bonds. The summed E-state index contributed by atoms with van der Waals surface area (Å²) in [6, 6.07) is 12.4. The number of nitrogens with one attached hydrogen (secondary N) is 1. The number of hydrogen-bond donors (Lipinski definition) is 1. The second-order valence-electron chi connectivity index (χ2n) is 6.75. The van der Waals surface area contributed by atoms with Crippen LogP contribution in [0.4, 0.5) is 0 Å². The van der Waals surface area contributed by atoms with Gasteiger partial charge in [0, 0.05) is 25.2 Å². The Morgan fingerprint density at radius 3 is 2.58 bits per heavy atom.